The standard InChI is InChI=1S/C3H3NS.CH2Cl2/c1-2-5-3-4-1;2-1-3/h1-3H;1H2. The normalized spacial score (nSPS) is 7.25. The van der Waals surface area contributed by atoms with Crippen LogP contribution in [0.2, 0.25) is 0 Å². The first-order valence-electron chi connectivity index (χ1n) is 1.86. The van der Waals surface area contributed by atoms with Crippen molar-refractivity contribution in [3.8, 4) is 0 Å². The minimum Gasteiger partial charge on any atom is -0.253 e. The van der Waals surface area contributed by atoms with Gasteiger partial charge in [-0.2, -0.15) is 0 Å². The molecule has 0 amide bonds. The van der Waals surface area contributed by atoms with Crippen molar-refractivity contribution in [1.82, 2.24) is 4.98 Å². The SMILES string of the molecule is ClCCl.c1cscn1. The van der Waals surface area contributed by atoms with Crippen LogP contribution in [0, 0.1) is 0 Å². The number of hydrogen-bond acceptors (Lipinski definition) is 2. The molecule has 0 radical (unpaired) electrons. The Morgan fingerprint density at radius 1 is 1.50 bits per heavy atom. The zero-order valence-corrected chi connectivity index (χ0v) is 6.38. The molecule has 0 spiro atoms. The molecule has 1 aromatic rings. The lowest BCUT2D eigenvalue weighted by Gasteiger charge is -1.42. The van der Waals surface area contributed by atoms with E-state index >= 15 is 0 Å². The summed E-state index contributed by atoms with van der Waals surface area (Å²) < 4.78 is 0. The van der Waals surface area contributed by atoms with Crippen molar-refractivity contribution in [3.05, 3.63) is 17.1 Å². The fourth-order valence-corrected chi connectivity index (χ4v) is 0.527. The fourth-order valence-electron chi connectivity index (χ4n) is 0.176. The second-order valence-electron chi connectivity index (χ2n) is 0.777. The molecule has 1 aromatic heterocycles. The molecule has 0 aliphatic carbocycles. The summed E-state index contributed by atoms with van der Waals surface area (Å²) in [5.74, 6) is 0. The summed E-state index contributed by atoms with van der Waals surface area (Å²) in [5, 5.41) is 2.12. The number of nitrogens with zero attached hydrogens (tertiary/aromatic N) is 1. The number of rotatable bonds is 0. The van der Waals surface area contributed by atoms with Crippen LogP contribution < -0.4 is 0 Å². The topological polar surface area (TPSA) is 12.9 Å². The van der Waals surface area contributed by atoms with E-state index in [-0.39, 0.29) is 5.34 Å². The molecule has 0 N–H and O–H groups in total. The van der Waals surface area contributed by atoms with Crippen LogP contribution in [0.3, 0.4) is 0 Å². The predicted molar refractivity (Wildman–Crippen MR) is 38.7 cm³/mol. The van der Waals surface area contributed by atoms with E-state index in [9.17, 15) is 0 Å². The number of halogens is 2. The highest BCUT2D eigenvalue weighted by Gasteiger charge is 1.59. The van der Waals surface area contributed by atoms with Crippen LogP contribution >= 0.6 is 34.5 Å². The summed E-state index contributed by atoms with van der Waals surface area (Å²) in [7, 11) is 0. The van der Waals surface area contributed by atoms with E-state index in [4.69, 9.17) is 23.2 Å². The molecule has 0 unspecified atom stereocenters. The molecule has 1 rings (SSSR count). The summed E-state index contributed by atoms with van der Waals surface area (Å²) in [6.07, 6.45) is 1.77. The van der Waals surface area contributed by atoms with Gasteiger partial charge in [-0.05, 0) is 0 Å². The maximum absolute atomic E-state index is 4.76. The first kappa shape index (κ1) is 8.21. The van der Waals surface area contributed by atoms with Crippen LogP contribution in [0.25, 0.3) is 0 Å². The smallest absolute Gasteiger partial charge is 0.0967 e. The molecule has 1 heterocycles. The van der Waals surface area contributed by atoms with Gasteiger partial charge in [-0.15, -0.1) is 34.5 Å². The molecule has 0 saturated carbocycles. The minimum absolute atomic E-state index is 0.194. The number of thiazole rings is 1. The molecule has 0 atom stereocenters. The Morgan fingerprint density at radius 2 is 2.12 bits per heavy atom. The second-order valence-corrected chi connectivity index (χ2v) is 2.34. The lowest BCUT2D eigenvalue weighted by molar-refractivity contribution is 1.43. The quantitative estimate of drug-likeness (QED) is 0.545. The molecule has 0 bridgehead atoms. The Bertz CT molecular complexity index is 80.9. The highest BCUT2D eigenvalue weighted by atomic mass is 35.5. The molecule has 0 aromatic carbocycles. The zero-order valence-electron chi connectivity index (χ0n) is 4.05. The van der Waals surface area contributed by atoms with Gasteiger partial charge < -0.3 is 0 Å². The Balaban J connectivity index is 0.000000145. The van der Waals surface area contributed by atoms with Crippen molar-refractivity contribution in [2.75, 3.05) is 5.34 Å². The van der Waals surface area contributed by atoms with Gasteiger partial charge in [0.1, 0.15) is 0 Å². The van der Waals surface area contributed by atoms with Crippen molar-refractivity contribution >= 4 is 34.5 Å². The summed E-state index contributed by atoms with van der Waals surface area (Å²) in [5.41, 5.74) is 1.79. The van der Waals surface area contributed by atoms with Gasteiger partial charge >= 0.3 is 0 Å². The first-order chi connectivity index (χ1) is 3.91. The van der Waals surface area contributed by atoms with Gasteiger partial charge in [0, 0.05) is 11.6 Å². The Morgan fingerprint density at radius 3 is 2.25 bits per heavy atom. The number of alkyl halides is 2. The maximum atomic E-state index is 4.76. The Hall–Kier alpha value is 0.210. The van der Waals surface area contributed by atoms with Crippen molar-refractivity contribution in [3.63, 3.8) is 0 Å². The molecular formula is C4H5Cl2NS. The number of aromatic nitrogens is 1. The van der Waals surface area contributed by atoms with Crippen molar-refractivity contribution in [2.24, 2.45) is 0 Å². The molecule has 0 saturated heterocycles. The maximum Gasteiger partial charge on any atom is 0.0967 e. The Kier molecular flexibility index (Phi) is 7.40. The lowest BCUT2D eigenvalue weighted by atomic mass is 11.0. The second kappa shape index (κ2) is 7.21. The highest BCUT2D eigenvalue weighted by Crippen LogP contribution is 1.85. The molecule has 0 fully saturated rings. The van der Waals surface area contributed by atoms with E-state index in [1.165, 1.54) is 0 Å². The summed E-state index contributed by atoms with van der Waals surface area (Å²) in [6, 6.07) is 0. The van der Waals surface area contributed by atoms with Gasteiger partial charge in [-0.1, -0.05) is 0 Å². The zero-order chi connectivity index (χ0) is 6.24. The molecule has 0 aliphatic heterocycles. The van der Waals surface area contributed by atoms with Crippen LogP contribution in [-0.4, -0.2) is 10.3 Å². The van der Waals surface area contributed by atoms with E-state index in [0.29, 0.717) is 0 Å². The molecule has 46 valence electrons. The monoisotopic (exact) mass is 169 g/mol. The van der Waals surface area contributed by atoms with Gasteiger partial charge in [0.15, 0.2) is 0 Å². The van der Waals surface area contributed by atoms with Gasteiger partial charge in [0.05, 0.1) is 10.8 Å². The first-order valence-corrected chi connectivity index (χ1v) is 3.87. The van der Waals surface area contributed by atoms with Crippen LogP contribution in [0.5, 0.6) is 0 Å². The average Bonchev–Trinajstić information content (AvgIpc) is 2.17. The van der Waals surface area contributed by atoms with Crippen LogP contribution in [0.1, 0.15) is 0 Å². The lowest BCUT2D eigenvalue weighted by Crippen LogP contribution is -1.38. The third-order valence-corrected chi connectivity index (χ3v) is 0.869. The highest BCUT2D eigenvalue weighted by molar-refractivity contribution is 7.07. The van der Waals surface area contributed by atoms with Crippen LogP contribution in [0.15, 0.2) is 17.1 Å². The predicted octanol–water partition coefficient (Wildman–Crippen LogP) is 2.56. The van der Waals surface area contributed by atoms with E-state index < -0.39 is 0 Å². The third-order valence-electron chi connectivity index (χ3n) is 0.347. The molecule has 0 aliphatic rings. The summed E-state index contributed by atoms with van der Waals surface area (Å²) in [6.45, 7) is 0. The van der Waals surface area contributed by atoms with Crippen molar-refractivity contribution < 1.29 is 0 Å². The van der Waals surface area contributed by atoms with Gasteiger partial charge in [0.2, 0.25) is 0 Å². The minimum atomic E-state index is 0.194. The average molecular weight is 170 g/mol. The fraction of sp³-hybridized carbons (Fsp3) is 0.250. The summed E-state index contributed by atoms with van der Waals surface area (Å²) >= 11 is 11.1. The van der Waals surface area contributed by atoms with E-state index in [1.807, 2.05) is 5.38 Å². The third kappa shape index (κ3) is 6.21. The van der Waals surface area contributed by atoms with Crippen molar-refractivity contribution in [1.29, 1.82) is 0 Å². The van der Waals surface area contributed by atoms with E-state index in [0.717, 1.165) is 0 Å². The van der Waals surface area contributed by atoms with Crippen LogP contribution in [-0.2, 0) is 0 Å². The van der Waals surface area contributed by atoms with E-state index in [1.54, 1.807) is 23.0 Å². The van der Waals surface area contributed by atoms with Crippen molar-refractivity contribution in [2.45, 2.75) is 0 Å². The number of hydrogen-bond donors (Lipinski definition) is 0. The van der Waals surface area contributed by atoms with Gasteiger partial charge in [-0.25, -0.2) is 0 Å². The van der Waals surface area contributed by atoms with E-state index in [2.05, 4.69) is 4.98 Å². The van der Waals surface area contributed by atoms with Crippen LogP contribution in [0.4, 0.5) is 0 Å². The molecule has 1 nitrogen and oxygen atoms in total. The molecule has 8 heavy (non-hydrogen) atoms. The van der Waals surface area contributed by atoms with Gasteiger partial charge in [-0.3, -0.25) is 4.98 Å². The summed E-state index contributed by atoms with van der Waals surface area (Å²) in [4.78, 5) is 3.74. The van der Waals surface area contributed by atoms with Gasteiger partial charge in [0.25, 0.3) is 0 Å². The Labute approximate surface area is 62.3 Å². The largest absolute Gasteiger partial charge is 0.253 e. The molecule has 4 heteroatoms. The molecular weight excluding hydrogens is 165 g/mol.